The largest absolute Gasteiger partial charge is 0.493 e. The van der Waals surface area contributed by atoms with E-state index in [1.807, 2.05) is 0 Å². The number of rotatable bonds is 8. The lowest BCUT2D eigenvalue weighted by atomic mass is 10.2. The lowest BCUT2D eigenvalue weighted by Gasteiger charge is -2.12. The molecule has 0 aromatic heterocycles. The third-order valence-corrected chi connectivity index (χ3v) is 6.66. The van der Waals surface area contributed by atoms with Crippen molar-refractivity contribution in [1.29, 1.82) is 0 Å². The number of benzene rings is 2. The number of halogens is 1. The summed E-state index contributed by atoms with van der Waals surface area (Å²) in [5, 5.41) is -0.220. The van der Waals surface area contributed by atoms with Gasteiger partial charge >= 0.3 is 16.1 Å². The van der Waals surface area contributed by atoms with Crippen LogP contribution in [0.1, 0.15) is 12.5 Å². The molecule has 0 bridgehead atoms. The molecule has 1 aliphatic rings. The number of carbonyl (C=O) groups excluding carboxylic acids is 3. The summed E-state index contributed by atoms with van der Waals surface area (Å²) in [6.07, 6.45) is 1.43. The van der Waals surface area contributed by atoms with E-state index in [1.165, 1.54) is 55.7 Å². The van der Waals surface area contributed by atoms with Gasteiger partial charge in [0, 0.05) is 5.02 Å². The number of hydrogen-bond acceptors (Lipinski definition) is 9. The minimum Gasteiger partial charge on any atom is -0.493 e. The van der Waals surface area contributed by atoms with E-state index in [9.17, 15) is 22.8 Å². The van der Waals surface area contributed by atoms with Gasteiger partial charge in [0.2, 0.25) is 0 Å². The maximum atomic E-state index is 12.5. The zero-order valence-electron chi connectivity index (χ0n) is 17.4. The van der Waals surface area contributed by atoms with Crippen LogP contribution in [0.3, 0.4) is 0 Å². The van der Waals surface area contributed by atoms with Gasteiger partial charge in [0.1, 0.15) is 11.4 Å². The molecule has 2 aromatic carbocycles. The molecule has 174 valence electrons. The predicted molar refractivity (Wildman–Crippen MR) is 122 cm³/mol. The Balaban J connectivity index is 1.82. The highest BCUT2D eigenvalue weighted by Crippen LogP contribution is 2.35. The molecule has 33 heavy (non-hydrogen) atoms. The average molecular weight is 512 g/mol. The predicted octanol–water partition coefficient (Wildman–Crippen LogP) is 3.72. The summed E-state index contributed by atoms with van der Waals surface area (Å²) in [6, 6.07) is 9.78. The molecule has 9 nitrogen and oxygen atoms in total. The molecule has 0 aliphatic carbocycles. The molecule has 1 heterocycles. The van der Waals surface area contributed by atoms with E-state index in [2.05, 4.69) is 0 Å². The topological polar surface area (TPSA) is 116 Å². The van der Waals surface area contributed by atoms with Crippen LogP contribution in [0.2, 0.25) is 5.02 Å². The molecular formula is C21H18ClNO8S2. The lowest BCUT2D eigenvalue weighted by Crippen LogP contribution is -2.34. The smallest absolute Gasteiger partial charge is 0.339 e. The first-order chi connectivity index (χ1) is 15.6. The van der Waals surface area contributed by atoms with Gasteiger partial charge in [-0.1, -0.05) is 17.7 Å². The van der Waals surface area contributed by atoms with Gasteiger partial charge in [0.15, 0.2) is 11.5 Å². The van der Waals surface area contributed by atoms with Crippen LogP contribution in [-0.2, 0) is 24.4 Å². The van der Waals surface area contributed by atoms with Crippen molar-refractivity contribution in [1.82, 2.24) is 4.90 Å². The number of methoxy groups -OCH3 is 1. The number of carbonyl (C=O) groups is 3. The third-order valence-electron chi connectivity index (χ3n) is 4.25. The molecule has 0 radical (unpaired) electrons. The van der Waals surface area contributed by atoms with Crippen LogP contribution >= 0.6 is 23.4 Å². The van der Waals surface area contributed by atoms with Gasteiger partial charge in [-0.3, -0.25) is 19.3 Å². The van der Waals surface area contributed by atoms with E-state index in [0.29, 0.717) is 22.3 Å². The number of nitrogens with zero attached hydrogens (tertiary/aromatic N) is 1. The average Bonchev–Trinajstić information content (AvgIpc) is 3.02. The first-order valence-corrected chi connectivity index (χ1v) is 12.0. The second kappa shape index (κ2) is 10.3. The van der Waals surface area contributed by atoms with Crippen molar-refractivity contribution < 1.29 is 36.5 Å². The zero-order valence-corrected chi connectivity index (χ0v) is 19.8. The van der Waals surface area contributed by atoms with Gasteiger partial charge in [-0.15, -0.1) is 0 Å². The Kier molecular flexibility index (Phi) is 7.67. The first kappa shape index (κ1) is 24.6. The van der Waals surface area contributed by atoms with Gasteiger partial charge in [-0.25, -0.2) is 0 Å². The van der Waals surface area contributed by atoms with Gasteiger partial charge in [-0.2, -0.15) is 8.42 Å². The number of hydrogen-bond donors (Lipinski definition) is 0. The van der Waals surface area contributed by atoms with E-state index < -0.39 is 33.8 Å². The molecule has 0 N–H and O–H groups in total. The Morgan fingerprint density at radius 2 is 1.82 bits per heavy atom. The summed E-state index contributed by atoms with van der Waals surface area (Å²) in [7, 11) is -2.82. The van der Waals surface area contributed by atoms with Crippen molar-refractivity contribution in [2.45, 2.75) is 11.8 Å². The summed E-state index contributed by atoms with van der Waals surface area (Å²) >= 11 is 6.47. The first-order valence-electron chi connectivity index (χ1n) is 9.43. The highest BCUT2D eigenvalue weighted by Gasteiger charge is 2.36. The van der Waals surface area contributed by atoms with Crippen LogP contribution in [0.5, 0.6) is 11.5 Å². The van der Waals surface area contributed by atoms with Gasteiger partial charge in [0.25, 0.3) is 11.1 Å². The molecule has 3 rings (SSSR count). The van der Waals surface area contributed by atoms with E-state index in [4.69, 9.17) is 25.3 Å². The Labute approximate surface area is 199 Å². The van der Waals surface area contributed by atoms with Crippen LogP contribution in [0.25, 0.3) is 6.08 Å². The molecule has 0 atom stereocenters. The fraction of sp³-hybridized carbons (Fsp3) is 0.190. The molecule has 0 spiro atoms. The van der Waals surface area contributed by atoms with Crippen LogP contribution in [0.4, 0.5) is 4.79 Å². The normalized spacial score (nSPS) is 15.1. The number of amides is 2. The minimum absolute atomic E-state index is 0.0694. The molecule has 2 amide bonds. The van der Waals surface area contributed by atoms with Crippen molar-refractivity contribution in [2.75, 3.05) is 20.3 Å². The Bertz CT molecular complexity index is 1230. The highest BCUT2D eigenvalue weighted by atomic mass is 35.5. The van der Waals surface area contributed by atoms with Crippen molar-refractivity contribution in [2.24, 2.45) is 0 Å². The van der Waals surface area contributed by atoms with E-state index in [-0.39, 0.29) is 27.9 Å². The Morgan fingerprint density at radius 3 is 2.45 bits per heavy atom. The van der Waals surface area contributed by atoms with Crippen molar-refractivity contribution >= 4 is 56.7 Å². The number of thioether (sulfide) groups is 1. The van der Waals surface area contributed by atoms with Gasteiger partial charge in [0.05, 0.1) is 18.6 Å². The standard InChI is InChI=1S/C21H18ClNO8S2/c1-3-30-19(24)12-23-20(25)18(32-21(23)26)11-13-4-9-16(17(10-13)29-2)31-33(27,28)15-7-5-14(22)6-8-15/h4-11H,3,12H2,1-2H3/b18-11-. The second-order valence-electron chi connectivity index (χ2n) is 6.47. The second-order valence-corrected chi connectivity index (χ2v) is 9.45. The van der Waals surface area contributed by atoms with E-state index >= 15 is 0 Å². The quantitative estimate of drug-likeness (QED) is 0.297. The molecular weight excluding hydrogens is 494 g/mol. The van der Waals surface area contributed by atoms with Crippen molar-refractivity contribution in [3.05, 3.63) is 58.0 Å². The monoisotopic (exact) mass is 511 g/mol. The summed E-state index contributed by atoms with van der Waals surface area (Å²) < 4.78 is 40.3. The maximum absolute atomic E-state index is 12.5. The Hall–Kier alpha value is -3.02. The third kappa shape index (κ3) is 5.86. The van der Waals surface area contributed by atoms with Crippen molar-refractivity contribution in [3.63, 3.8) is 0 Å². The van der Waals surface area contributed by atoms with Crippen LogP contribution < -0.4 is 8.92 Å². The number of imide groups is 1. The fourth-order valence-electron chi connectivity index (χ4n) is 2.73. The number of esters is 1. The van der Waals surface area contributed by atoms with Crippen LogP contribution in [-0.4, -0.2) is 50.7 Å². The SMILES string of the molecule is CCOC(=O)CN1C(=O)S/C(=C\c2ccc(OS(=O)(=O)c3ccc(Cl)cc3)c(OC)c2)C1=O. The summed E-state index contributed by atoms with van der Waals surface area (Å²) in [6.45, 7) is 1.27. The van der Waals surface area contributed by atoms with Gasteiger partial charge < -0.3 is 13.7 Å². The molecule has 12 heteroatoms. The van der Waals surface area contributed by atoms with Crippen LogP contribution in [0.15, 0.2) is 52.3 Å². The van der Waals surface area contributed by atoms with Crippen LogP contribution in [0, 0.1) is 0 Å². The number of ether oxygens (including phenoxy) is 2. The summed E-state index contributed by atoms with van der Waals surface area (Å²) in [5.41, 5.74) is 0.449. The minimum atomic E-state index is -4.15. The lowest BCUT2D eigenvalue weighted by molar-refractivity contribution is -0.145. The van der Waals surface area contributed by atoms with E-state index in [1.54, 1.807) is 6.92 Å². The maximum Gasteiger partial charge on any atom is 0.339 e. The molecule has 1 aliphatic heterocycles. The Morgan fingerprint density at radius 1 is 1.12 bits per heavy atom. The molecule has 1 fully saturated rings. The van der Waals surface area contributed by atoms with Gasteiger partial charge in [-0.05, 0) is 66.7 Å². The summed E-state index contributed by atoms with van der Waals surface area (Å²) in [4.78, 5) is 37.0. The fourth-order valence-corrected chi connectivity index (χ4v) is 4.64. The zero-order chi connectivity index (χ0) is 24.2. The molecule has 0 saturated carbocycles. The summed E-state index contributed by atoms with van der Waals surface area (Å²) in [5.74, 6) is -1.30. The molecule has 2 aromatic rings. The van der Waals surface area contributed by atoms with E-state index in [0.717, 1.165) is 4.90 Å². The van der Waals surface area contributed by atoms with Crippen molar-refractivity contribution in [3.8, 4) is 11.5 Å². The molecule has 0 unspecified atom stereocenters. The highest BCUT2D eigenvalue weighted by molar-refractivity contribution is 8.18. The molecule has 1 saturated heterocycles.